The lowest BCUT2D eigenvalue weighted by atomic mass is 10.2. The maximum absolute atomic E-state index is 12.4. The van der Waals surface area contributed by atoms with Gasteiger partial charge in [-0.25, -0.2) is 4.98 Å². The number of aryl methyl sites for hydroxylation is 1. The quantitative estimate of drug-likeness (QED) is 0.681. The molecule has 0 spiro atoms. The zero-order valence-corrected chi connectivity index (χ0v) is 14.2. The number of amides is 1. The van der Waals surface area contributed by atoms with Gasteiger partial charge < -0.3 is 20.3 Å². The minimum Gasteiger partial charge on any atom is -0.507 e. The Bertz CT molecular complexity index is 1060. The fourth-order valence-electron chi connectivity index (χ4n) is 3.00. The maximum Gasteiger partial charge on any atom is 0.259 e. The van der Waals surface area contributed by atoms with E-state index in [4.69, 9.17) is 0 Å². The van der Waals surface area contributed by atoms with Gasteiger partial charge in [-0.1, -0.05) is 24.3 Å². The lowest BCUT2D eigenvalue weighted by Crippen LogP contribution is -2.12. The first-order valence-electron chi connectivity index (χ1n) is 8.30. The molecule has 0 saturated carbocycles. The van der Waals surface area contributed by atoms with Gasteiger partial charge in [0.2, 0.25) is 0 Å². The first-order valence-corrected chi connectivity index (χ1v) is 8.30. The fourth-order valence-corrected chi connectivity index (χ4v) is 3.00. The third kappa shape index (κ3) is 2.82. The van der Waals surface area contributed by atoms with Gasteiger partial charge >= 0.3 is 0 Å². The van der Waals surface area contributed by atoms with Crippen molar-refractivity contribution in [1.82, 2.24) is 14.9 Å². The van der Waals surface area contributed by atoms with Gasteiger partial charge in [-0.2, -0.15) is 0 Å². The maximum atomic E-state index is 12.4. The van der Waals surface area contributed by atoms with Gasteiger partial charge in [0, 0.05) is 31.1 Å². The van der Waals surface area contributed by atoms with E-state index in [1.165, 1.54) is 6.07 Å². The van der Waals surface area contributed by atoms with Crippen LogP contribution >= 0.6 is 0 Å². The normalized spacial score (nSPS) is 13.3. The number of carbonyl (C=O) groups is 1. The van der Waals surface area contributed by atoms with Crippen LogP contribution in [-0.4, -0.2) is 27.1 Å². The molecule has 2 aromatic carbocycles. The largest absolute Gasteiger partial charge is 0.507 e. The number of para-hydroxylation sites is 1. The van der Waals surface area contributed by atoms with E-state index in [1.54, 1.807) is 24.3 Å². The molecule has 0 bridgehead atoms. The van der Waals surface area contributed by atoms with E-state index < -0.39 is 0 Å². The molecule has 3 aromatic rings. The second-order valence-electron chi connectivity index (χ2n) is 6.08. The number of fused-ring (bicyclic) bond motifs is 1. The number of nitrogens with zero attached hydrogens (tertiary/aromatic N) is 2. The summed E-state index contributed by atoms with van der Waals surface area (Å²) < 4.78 is 1.99. The Balaban J connectivity index is 1.66. The summed E-state index contributed by atoms with van der Waals surface area (Å²) in [5, 5.41) is 15.8. The number of anilines is 1. The number of phenols is 1. The van der Waals surface area contributed by atoms with Crippen LogP contribution in [0.15, 0.2) is 60.8 Å². The molecule has 6 heteroatoms. The highest BCUT2D eigenvalue weighted by atomic mass is 16.3. The average Bonchev–Trinajstić information content (AvgIpc) is 2.99. The summed E-state index contributed by atoms with van der Waals surface area (Å²) in [7, 11) is 1.95. The summed E-state index contributed by atoms with van der Waals surface area (Å²) in [4.78, 5) is 17.1. The third-order valence-electron chi connectivity index (χ3n) is 4.34. The van der Waals surface area contributed by atoms with Crippen molar-refractivity contribution in [3.8, 4) is 5.75 Å². The van der Waals surface area contributed by atoms with Crippen molar-refractivity contribution in [2.24, 2.45) is 7.05 Å². The van der Waals surface area contributed by atoms with Gasteiger partial charge in [0.05, 0.1) is 16.6 Å². The van der Waals surface area contributed by atoms with Crippen LogP contribution in [0.2, 0.25) is 0 Å². The molecule has 1 aromatic heterocycles. The number of allylic oxidation sites excluding steroid dienone is 2. The molecule has 1 aliphatic heterocycles. The second-order valence-corrected chi connectivity index (χ2v) is 6.08. The van der Waals surface area contributed by atoms with E-state index in [0.717, 1.165) is 29.0 Å². The highest BCUT2D eigenvalue weighted by Gasteiger charge is 2.14. The number of phenolic OH excluding ortho intramolecular Hbond substituents is 1. The van der Waals surface area contributed by atoms with E-state index >= 15 is 0 Å². The van der Waals surface area contributed by atoms with Crippen LogP contribution in [0, 0.1) is 0 Å². The van der Waals surface area contributed by atoms with Gasteiger partial charge in [-0.05, 0) is 30.3 Å². The zero-order chi connectivity index (χ0) is 18.1. The van der Waals surface area contributed by atoms with Crippen LogP contribution in [-0.2, 0) is 7.05 Å². The Morgan fingerprint density at radius 1 is 1.27 bits per heavy atom. The second kappa shape index (κ2) is 6.40. The molecule has 4 rings (SSSR count). The lowest BCUT2D eigenvalue weighted by Gasteiger charge is -2.09. The van der Waals surface area contributed by atoms with Crippen LogP contribution in [0.4, 0.5) is 5.69 Å². The average molecular weight is 346 g/mol. The number of rotatable bonds is 3. The summed E-state index contributed by atoms with van der Waals surface area (Å²) in [5.74, 6) is 0.456. The molecule has 0 aliphatic carbocycles. The topological polar surface area (TPSA) is 79.2 Å². The molecule has 0 fully saturated rings. The first kappa shape index (κ1) is 16.0. The third-order valence-corrected chi connectivity index (χ3v) is 4.34. The summed E-state index contributed by atoms with van der Waals surface area (Å²) in [5.41, 5.74) is 3.65. The Hall–Kier alpha value is -3.54. The van der Waals surface area contributed by atoms with Crippen molar-refractivity contribution in [1.29, 1.82) is 0 Å². The van der Waals surface area contributed by atoms with Crippen molar-refractivity contribution in [3.05, 3.63) is 72.2 Å². The van der Waals surface area contributed by atoms with Gasteiger partial charge in [0.1, 0.15) is 11.6 Å². The number of benzene rings is 2. The SMILES string of the molecule is Cn1c(C2=CNCC=C2)nc2ccc(NC(=O)c3ccccc3O)cc21. The highest BCUT2D eigenvalue weighted by Crippen LogP contribution is 2.25. The highest BCUT2D eigenvalue weighted by molar-refractivity contribution is 6.06. The summed E-state index contributed by atoms with van der Waals surface area (Å²) in [6.45, 7) is 0.815. The molecule has 1 aliphatic rings. The predicted molar refractivity (Wildman–Crippen MR) is 102 cm³/mol. The van der Waals surface area contributed by atoms with Crippen molar-refractivity contribution in [2.45, 2.75) is 0 Å². The number of dihydropyridines is 1. The van der Waals surface area contributed by atoms with Gasteiger partial charge in [0.15, 0.2) is 0 Å². The molecule has 1 amide bonds. The first-order chi connectivity index (χ1) is 12.6. The number of hydrogen-bond donors (Lipinski definition) is 3. The zero-order valence-electron chi connectivity index (χ0n) is 14.2. The van der Waals surface area contributed by atoms with E-state index in [1.807, 2.05) is 42.1 Å². The molecule has 6 nitrogen and oxygen atoms in total. The minimum absolute atomic E-state index is 0.0441. The standard InChI is InChI=1S/C20H18N4O2/c1-24-17-11-14(22-20(26)15-6-2-3-7-18(15)25)8-9-16(17)23-19(24)13-5-4-10-21-12-13/h2-9,11-12,21,25H,10H2,1H3,(H,22,26). The van der Waals surface area contributed by atoms with Crippen molar-refractivity contribution < 1.29 is 9.90 Å². The Morgan fingerprint density at radius 3 is 2.88 bits per heavy atom. The number of imidazole rings is 1. The summed E-state index contributed by atoms with van der Waals surface area (Å²) in [6.07, 6.45) is 6.04. The van der Waals surface area contributed by atoms with Gasteiger partial charge in [-0.15, -0.1) is 0 Å². The van der Waals surface area contributed by atoms with E-state index in [9.17, 15) is 9.90 Å². The Labute approximate surface area is 150 Å². The van der Waals surface area contributed by atoms with Gasteiger partial charge in [-0.3, -0.25) is 4.79 Å². The predicted octanol–water partition coefficient (Wildman–Crippen LogP) is 3.03. The molecule has 0 radical (unpaired) electrons. The number of aromatic nitrogens is 2. The van der Waals surface area contributed by atoms with E-state index in [-0.39, 0.29) is 17.2 Å². The monoisotopic (exact) mass is 346 g/mol. The molecule has 130 valence electrons. The molecule has 0 saturated heterocycles. The van der Waals surface area contributed by atoms with Crippen LogP contribution in [0.1, 0.15) is 16.2 Å². The van der Waals surface area contributed by atoms with Crippen LogP contribution in [0.3, 0.4) is 0 Å². The summed E-state index contributed by atoms with van der Waals surface area (Å²) >= 11 is 0. The van der Waals surface area contributed by atoms with Crippen molar-refractivity contribution >= 4 is 28.2 Å². The fraction of sp³-hybridized carbons (Fsp3) is 0.100. The van der Waals surface area contributed by atoms with Crippen molar-refractivity contribution in [3.63, 3.8) is 0 Å². The van der Waals surface area contributed by atoms with Crippen LogP contribution < -0.4 is 10.6 Å². The molecule has 2 heterocycles. The molecular formula is C20H18N4O2. The number of aromatic hydroxyl groups is 1. The molecule has 0 atom stereocenters. The lowest BCUT2D eigenvalue weighted by molar-refractivity contribution is 0.102. The van der Waals surface area contributed by atoms with Crippen LogP contribution in [0.25, 0.3) is 16.6 Å². The summed E-state index contributed by atoms with van der Waals surface area (Å²) in [6, 6.07) is 12.0. The smallest absolute Gasteiger partial charge is 0.259 e. The number of nitrogens with one attached hydrogen (secondary N) is 2. The minimum atomic E-state index is -0.355. The molecular weight excluding hydrogens is 328 g/mol. The number of carbonyl (C=O) groups excluding carboxylic acids is 1. The van der Waals surface area contributed by atoms with E-state index in [0.29, 0.717) is 5.69 Å². The van der Waals surface area contributed by atoms with Crippen molar-refractivity contribution in [2.75, 3.05) is 11.9 Å². The van der Waals surface area contributed by atoms with Gasteiger partial charge in [0.25, 0.3) is 5.91 Å². The van der Waals surface area contributed by atoms with E-state index in [2.05, 4.69) is 15.6 Å². The molecule has 26 heavy (non-hydrogen) atoms. The van der Waals surface area contributed by atoms with Crippen LogP contribution in [0.5, 0.6) is 5.75 Å². The number of hydrogen-bond acceptors (Lipinski definition) is 4. The Morgan fingerprint density at radius 2 is 2.12 bits per heavy atom. The Kier molecular flexibility index (Phi) is 3.93. The molecule has 3 N–H and O–H groups in total. The molecule has 0 unspecified atom stereocenters.